The summed E-state index contributed by atoms with van der Waals surface area (Å²) in [6.07, 6.45) is 3.33. The van der Waals surface area contributed by atoms with E-state index in [0.29, 0.717) is 83.9 Å². The number of hydrogen-bond acceptors (Lipinski definition) is 25. The molecule has 0 aliphatic carbocycles. The number of halogens is 1. The van der Waals surface area contributed by atoms with E-state index in [-0.39, 0.29) is 61.6 Å². The molecule has 5 aromatic rings. The highest BCUT2D eigenvalue weighted by Crippen LogP contribution is 2.29. The zero-order valence-electron chi connectivity index (χ0n) is 41.1. The number of piperazine rings is 1. The van der Waals surface area contributed by atoms with E-state index in [1.807, 2.05) is 25.1 Å². The number of nitrogens with one attached hydrogen (secondary N) is 2. The second kappa shape index (κ2) is 29.9. The molecule has 1 aliphatic rings. The van der Waals surface area contributed by atoms with Gasteiger partial charge in [0.15, 0.2) is 5.13 Å². The van der Waals surface area contributed by atoms with Crippen molar-refractivity contribution in [2.75, 3.05) is 100 Å². The van der Waals surface area contributed by atoms with Gasteiger partial charge < -0.3 is 39.7 Å². The van der Waals surface area contributed by atoms with Crippen LogP contribution in [0.4, 0.5) is 22.5 Å². The molecule has 1 amide bonds. The number of aryl methyl sites for hydroxylation is 2. The smallest absolute Gasteiger partial charge is 0.415 e. The third-order valence-corrected chi connectivity index (χ3v) is 11.9. The SMILES string of the molecule is CS(=O)(=O)O.CS(=O)(=O)O.CS(=O)(=O)O.Cc1nc(Nc2ncc(C(=O)Nc3c(C)cccc3Cl)s2)cc(N2CCN(CCOC(=O)CCC(=O)OCCOCCOc3no[n+]([O-])c3S(=O)(=O)c3ccccc3)CC2)n1. The summed E-state index contributed by atoms with van der Waals surface area (Å²) in [5.74, 6) is -0.108. The number of benzene rings is 2. The van der Waals surface area contributed by atoms with Gasteiger partial charge in [-0.15, -0.1) is 0 Å². The minimum Gasteiger partial charge on any atom is -0.464 e. The fourth-order valence-corrected chi connectivity index (χ4v) is 8.16. The molecule has 29 nitrogen and oxygen atoms in total. The van der Waals surface area contributed by atoms with Crippen molar-refractivity contribution in [2.24, 2.45) is 0 Å². The van der Waals surface area contributed by atoms with Gasteiger partial charge in [0.1, 0.15) is 42.2 Å². The van der Waals surface area contributed by atoms with E-state index in [9.17, 15) is 53.3 Å². The van der Waals surface area contributed by atoms with Crippen LogP contribution in [0.1, 0.15) is 33.9 Å². The number of nitrogens with zero attached hydrogens (tertiary/aromatic N) is 7. The summed E-state index contributed by atoms with van der Waals surface area (Å²) < 4.78 is 129. The Morgan fingerprint density at radius 3 is 1.97 bits per heavy atom. The molecule has 1 fully saturated rings. The number of rotatable bonds is 20. The van der Waals surface area contributed by atoms with Crippen LogP contribution in [-0.2, 0) is 64.0 Å². The van der Waals surface area contributed by atoms with Crippen LogP contribution in [0.25, 0.3) is 0 Å². The Bertz CT molecular complexity index is 3060. The van der Waals surface area contributed by atoms with Gasteiger partial charge in [0.2, 0.25) is 0 Å². The van der Waals surface area contributed by atoms with E-state index >= 15 is 0 Å². The van der Waals surface area contributed by atoms with Crippen LogP contribution in [0.2, 0.25) is 5.02 Å². The van der Waals surface area contributed by atoms with E-state index in [2.05, 4.69) is 45.2 Å². The molecule has 1 aliphatic heterocycles. The van der Waals surface area contributed by atoms with Crippen LogP contribution >= 0.6 is 22.9 Å². The molecule has 2 aromatic carbocycles. The van der Waals surface area contributed by atoms with Crippen molar-refractivity contribution >= 4 is 103 Å². The summed E-state index contributed by atoms with van der Waals surface area (Å²) in [7, 11) is -15.2. The number of para-hydroxylation sites is 1. The van der Waals surface area contributed by atoms with Gasteiger partial charge in [-0.3, -0.25) is 37.6 Å². The van der Waals surface area contributed by atoms with Gasteiger partial charge >= 0.3 is 22.8 Å². The van der Waals surface area contributed by atoms with Crippen molar-refractivity contribution < 1.29 is 90.2 Å². The highest BCUT2D eigenvalue weighted by atomic mass is 35.5. The van der Waals surface area contributed by atoms with E-state index < -0.39 is 63.0 Å². The van der Waals surface area contributed by atoms with Gasteiger partial charge in [0.25, 0.3) is 46.1 Å². The van der Waals surface area contributed by atoms with Crippen molar-refractivity contribution in [3.05, 3.63) is 87.3 Å². The Hall–Kier alpha value is -6.21. The van der Waals surface area contributed by atoms with E-state index in [0.717, 1.165) is 11.4 Å². The zero-order valence-corrected chi connectivity index (χ0v) is 45.9. The van der Waals surface area contributed by atoms with Crippen LogP contribution in [0.5, 0.6) is 5.88 Å². The van der Waals surface area contributed by atoms with Gasteiger partial charge in [-0.05, 0) is 42.5 Å². The maximum atomic E-state index is 12.9. The van der Waals surface area contributed by atoms with Crippen LogP contribution in [0.3, 0.4) is 0 Å². The lowest BCUT2D eigenvalue weighted by atomic mass is 10.2. The molecule has 0 atom stereocenters. The topological polar surface area (TPSA) is 408 Å². The monoisotopic (exact) mass is 1190 g/mol. The standard InChI is InChI=1S/C38H42ClN9O11S2.3CH4O3S/c1-25-7-6-10-28(39)34(25)44-35(51)29-24-40-38(60-29)43-30-23-31(42-26(2)41-30)47-15-13-46(14-16-47)17-18-56-32(49)11-12-33(50)57-21-19-55-20-22-58-36-37(48(52)59-45-36)61(53,54)27-8-4-3-5-9-27;3*1-5(2,3)4/h3-10,23-24H,11-22H2,1-2H3,(H,44,51)(H,40,41,42,43);3*1H3,(H,2,3,4). The number of thiazole rings is 1. The third-order valence-electron chi connectivity index (χ3n) is 8.96. The highest BCUT2D eigenvalue weighted by Gasteiger charge is 2.35. The minimum absolute atomic E-state index is 0.00174. The van der Waals surface area contributed by atoms with Crippen molar-refractivity contribution in [3.8, 4) is 5.88 Å². The number of hydrogen-bond donors (Lipinski definition) is 5. The normalized spacial score (nSPS) is 12.8. The second-order valence-electron chi connectivity index (χ2n) is 15.5. The first-order valence-electron chi connectivity index (χ1n) is 21.7. The average Bonchev–Trinajstić information content (AvgIpc) is 3.94. The van der Waals surface area contributed by atoms with Gasteiger partial charge in [-0.2, -0.15) is 25.3 Å². The number of esters is 2. The predicted octanol–water partition coefficient (Wildman–Crippen LogP) is 2.25. The minimum atomic E-state index is -4.25. The average molecular weight is 1190 g/mol. The fraction of sp³-hybridized carbons (Fsp3) is 0.415. The Labute approximate surface area is 446 Å². The number of carbonyl (C=O) groups excluding carboxylic acids is 3. The summed E-state index contributed by atoms with van der Waals surface area (Å²) in [4.78, 5) is 55.1. The number of carbonyl (C=O) groups is 3. The summed E-state index contributed by atoms with van der Waals surface area (Å²) in [6, 6.07) is 14.5. The molecular formula is C41H54ClN9O20S5. The molecule has 6 rings (SSSR count). The zero-order chi connectivity index (χ0) is 56.9. The maximum Gasteiger partial charge on any atom is 0.415 e. The molecule has 3 aromatic heterocycles. The Morgan fingerprint density at radius 1 is 0.803 bits per heavy atom. The number of anilines is 4. The van der Waals surface area contributed by atoms with Gasteiger partial charge in [-0.1, -0.05) is 53.3 Å². The van der Waals surface area contributed by atoms with E-state index in [4.69, 9.17) is 44.2 Å². The van der Waals surface area contributed by atoms with Crippen LogP contribution in [0.15, 0.2) is 75.3 Å². The van der Waals surface area contributed by atoms with Crippen molar-refractivity contribution in [2.45, 2.75) is 36.6 Å². The molecule has 76 heavy (non-hydrogen) atoms. The van der Waals surface area contributed by atoms with Crippen molar-refractivity contribution in [1.29, 1.82) is 0 Å². The van der Waals surface area contributed by atoms with E-state index in [1.165, 1.54) is 41.8 Å². The first kappa shape index (κ1) is 64.1. The van der Waals surface area contributed by atoms with Crippen LogP contribution in [0, 0.1) is 19.1 Å². The van der Waals surface area contributed by atoms with Crippen LogP contribution in [-0.4, -0.2) is 175 Å². The Balaban J connectivity index is 0.000000891. The molecule has 420 valence electrons. The molecule has 0 saturated carbocycles. The second-order valence-corrected chi connectivity index (χ2v) is 23.2. The first-order valence-corrected chi connectivity index (χ1v) is 29.9. The van der Waals surface area contributed by atoms with Crippen molar-refractivity contribution in [1.82, 2.24) is 25.0 Å². The summed E-state index contributed by atoms with van der Waals surface area (Å²) in [6.45, 7) is 6.81. The van der Waals surface area contributed by atoms with Crippen LogP contribution < -0.4 is 25.2 Å². The number of ether oxygens (including phenoxy) is 4. The quantitative estimate of drug-likeness (QED) is 0.0323. The maximum absolute atomic E-state index is 12.9. The lowest BCUT2D eigenvalue weighted by Gasteiger charge is -2.35. The molecule has 4 heterocycles. The molecule has 5 N–H and O–H groups in total. The van der Waals surface area contributed by atoms with Crippen molar-refractivity contribution in [3.63, 3.8) is 0 Å². The number of amides is 1. The summed E-state index contributed by atoms with van der Waals surface area (Å²) in [5.41, 5.74) is 1.40. The number of sulfone groups is 1. The first-order chi connectivity index (χ1) is 35.4. The molecule has 0 bridgehead atoms. The lowest BCUT2D eigenvalue weighted by molar-refractivity contribution is -0.832. The number of aromatic nitrogens is 5. The summed E-state index contributed by atoms with van der Waals surface area (Å²) >= 11 is 7.45. The third kappa shape index (κ3) is 25.6. The Morgan fingerprint density at radius 2 is 1.38 bits per heavy atom. The molecule has 0 radical (unpaired) electrons. The lowest BCUT2D eigenvalue weighted by Crippen LogP contribution is -2.47. The van der Waals surface area contributed by atoms with Gasteiger partial charge in [0.05, 0.1) is 71.8 Å². The fourth-order valence-electron chi connectivity index (χ4n) is 5.88. The highest BCUT2D eigenvalue weighted by molar-refractivity contribution is 7.91. The van der Waals surface area contributed by atoms with Gasteiger partial charge in [-0.25, -0.2) is 23.4 Å². The summed E-state index contributed by atoms with van der Waals surface area (Å²) in [5, 5.41) is 21.5. The largest absolute Gasteiger partial charge is 0.464 e. The predicted molar refractivity (Wildman–Crippen MR) is 272 cm³/mol. The molecule has 0 unspecified atom stereocenters. The molecule has 1 saturated heterocycles. The van der Waals surface area contributed by atoms with Gasteiger partial charge in [0, 0.05) is 38.8 Å². The molecule has 0 spiro atoms. The molecular weight excluding hydrogens is 1130 g/mol. The Kier molecular flexibility index (Phi) is 25.2. The molecule has 35 heteroatoms. The van der Waals surface area contributed by atoms with E-state index in [1.54, 1.807) is 19.1 Å².